The van der Waals surface area contributed by atoms with Crippen LogP contribution in [0.4, 0.5) is 5.69 Å². The fourth-order valence-corrected chi connectivity index (χ4v) is 3.23. The maximum absolute atomic E-state index is 12.4. The van der Waals surface area contributed by atoms with Crippen LogP contribution in [0.15, 0.2) is 12.4 Å². The van der Waals surface area contributed by atoms with Crippen molar-refractivity contribution >= 4 is 17.5 Å². The molecule has 2 amide bonds. The number of hydrogen-bond acceptors (Lipinski definition) is 5. The van der Waals surface area contributed by atoms with Gasteiger partial charge in [0.25, 0.3) is 0 Å². The molecule has 8 nitrogen and oxygen atoms in total. The second-order valence-electron chi connectivity index (χ2n) is 6.59. The summed E-state index contributed by atoms with van der Waals surface area (Å²) in [6.45, 7) is 2.53. The van der Waals surface area contributed by atoms with Crippen molar-refractivity contribution in [3.8, 4) is 0 Å². The fourth-order valence-electron chi connectivity index (χ4n) is 3.23. The molecular formula is C16H25N5O3. The number of anilines is 1. The molecule has 0 unspecified atom stereocenters. The maximum Gasteiger partial charge on any atom is 0.244 e. The topological polar surface area (TPSA) is 102 Å². The quantitative estimate of drug-likeness (QED) is 0.826. The van der Waals surface area contributed by atoms with Crippen molar-refractivity contribution < 1.29 is 14.3 Å². The van der Waals surface area contributed by atoms with E-state index in [0.717, 1.165) is 19.3 Å². The van der Waals surface area contributed by atoms with E-state index in [9.17, 15) is 9.59 Å². The van der Waals surface area contributed by atoms with E-state index in [2.05, 4.69) is 10.4 Å². The predicted octanol–water partition coefficient (Wildman–Crippen LogP) is 0.342. The first-order chi connectivity index (χ1) is 11.6. The van der Waals surface area contributed by atoms with E-state index in [1.54, 1.807) is 17.3 Å². The van der Waals surface area contributed by atoms with Gasteiger partial charge in [0.05, 0.1) is 30.6 Å². The van der Waals surface area contributed by atoms with Gasteiger partial charge in [-0.2, -0.15) is 5.10 Å². The Kier molecular flexibility index (Phi) is 5.15. The normalized spacial score (nSPS) is 20.6. The number of hydrogen-bond donors (Lipinski definition) is 2. The van der Waals surface area contributed by atoms with E-state index < -0.39 is 5.54 Å². The highest BCUT2D eigenvalue weighted by atomic mass is 16.5. The summed E-state index contributed by atoms with van der Waals surface area (Å²) < 4.78 is 6.78. The Morgan fingerprint density at radius 2 is 1.96 bits per heavy atom. The molecule has 0 aromatic carbocycles. The van der Waals surface area contributed by atoms with E-state index in [-0.39, 0.29) is 18.4 Å². The van der Waals surface area contributed by atoms with Crippen molar-refractivity contribution in [3.05, 3.63) is 12.4 Å². The van der Waals surface area contributed by atoms with Crippen molar-refractivity contribution in [3.63, 3.8) is 0 Å². The van der Waals surface area contributed by atoms with Crippen molar-refractivity contribution in [2.45, 2.75) is 44.2 Å². The summed E-state index contributed by atoms with van der Waals surface area (Å²) in [5, 5.41) is 6.99. The molecule has 2 heterocycles. The number of carbonyl (C=O) groups is 2. The molecule has 0 bridgehead atoms. The fraction of sp³-hybridized carbons (Fsp3) is 0.688. The molecule has 1 aliphatic heterocycles. The molecule has 0 atom stereocenters. The average Bonchev–Trinajstić information content (AvgIpc) is 3.03. The second-order valence-corrected chi connectivity index (χ2v) is 6.59. The number of nitrogens with one attached hydrogen (secondary N) is 1. The van der Waals surface area contributed by atoms with Gasteiger partial charge in [0.15, 0.2) is 0 Å². The van der Waals surface area contributed by atoms with Crippen molar-refractivity contribution in [2.75, 3.05) is 31.6 Å². The molecule has 1 aliphatic carbocycles. The Balaban J connectivity index is 1.55. The zero-order chi connectivity index (χ0) is 17.0. The van der Waals surface area contributed by atoms with Gasteiger partial charge in [-0.25, -0.2) is 0 Å². The number of rotatable bonds is 4. The van der Waals surface area contributed by atoms with Crippen LogP contribution >= 0.6 is 0 Å². The lowest BCUT2D eigenvalue weighted by molar-refractivity contribution is -0.136. The van der Waals surface area contributed by atoms with Gasteiger partial charge in [-0.15, -0.1) is 0 Å². The van der Waals surface area contributed by atoms with Crippen LogP contribution in [0.5, 0.6) is 0 Å². The zero-order valence-corrected chi connectivity index (χ0v) is 13.9. The van der Waals surface area contributed by atoms with E-state index in [0.29, 0.717) is 44.8 Å². The summed E-state index contributed by atoms with van der Waals surface area (Å²) in [4.78, 5) is 26.4. The van der Waals surface area contributed by atoms with Crippen molar-refractivity contribution in [1.82, 2.24) is 14.7 Å². The molecule has 3 N–H and O–H groups in total. The zero-order valence-electron chi connectivity index (χ0n) is 13.9. The third kappa shape index (κ3) is 3.93. The van der Waals surface area contributed by atoms with Crippen LogP contribution in [0.3, 0.4) is 0 Å². The third-order valence-corrected chi connectivity index (χ3v) is 4.75. The first kappa shape index (κ1) is 16.9. The molecule has 0 radical (unpaired) electrons. The van der Waals surface area contributed by atoms with Gasteiger partial charge in [-0.1, -0.05) is 19.3 Å². The summed E-state index contributed by atoms with van der Waals surface area (Å²) >= 11 is 0. The van der Waals surface area contributed by atoms with Gasteiger partial charge in [-0.3, -0.25) is 14.3 Å². The molecular weight excluding hydrogens is 310 g/mol. The van der Waals surface area contributed by atoms with E-state index in [4.69, 9.17) is 10.5 Å². The van der Waals surface area contributed by atoms with Crippen molar-refractivity contribution in [2.24, 2.45) is 5.73 Å². The summed E-state index contributed by atoms with van der Waals surface area (Å²) in [6.07, 6.45) is 7.74. The molecule has 2 aliphatic rings. The molecule has 1 saturated heterocycles. The number of ether oxygens (including phenoxy) is 1. The minimum atomic E-state index is -0.788. The van der Waals surface area contributed by atoms with Gasteiger partial charge in [-0.05, 0) is 12.8 Å². The van der Waals surface area contributed by atoms with Crippen LogP contribution in [0, 0.1) is 0 Å². The predicted molar refractivity (Wildman–Crippen MR) is 88.3 cm³/mol. The number of aromatic nitrogens is 2. The Hall–Kier alpha value is -1.93. The smallest absolute Gasteiger partial charge is 0.244 e. The summed E-state index contributed by atoms with van der Waals surface area (Å²) in [7, 11) is 0. The molecule has 1 saturated carbocycles. The number of nitrogens with two attached hydrogens (primary N) is 1. The monoisotopic (exact) mass is 335 g/mol. The largest absolute Gasteiger partial charge is 0.378 e. The Morgan fingerprint density at radius 3 is 2.67 bits per heavy atom. The lowest BCUT2D eigenvalue weighted by atomic mass is 9.82. The van der Waals surface area contributed by atoms with Crippen LogP contribution in [0.2, 0.25) is 0 Å². The van der Waals surface area contributed by atoms with Crippen LogP contribution in [-0.2, 0) is 20.9 Å². The van der Waals surface area contributed by atoms with E-state index >= 15 is 0 Å². The third-order valence-electron chi connectivity index (χ3n) is 4.75. The molecule has 8 heteroatoms. The van der Waals surface area contributed by atoms with E-state index in [1.807, 2.05) is 0 Å². The average molecular weight is 335 g/mol. The Morgan fingerprint density at radius 1 is 1.25 bits per heavy atom. The van der Waals surface area contributed by atoms with Crippen LogP contribution in [0.1, 0.15) is 32.1 Å². The SMILES string of the molecule is NC1(C(=O)Nc2cnn(CC(=O)N3CCOCC3)c2)CCCCC1. The molecule has 2 fully saturated rings. The van der Waals surface area contributed by atoms with Gasteiger partial charge in [0.2, 0.25) is 11.8 Å². The Labute approximate surface area is 141 Å². The number of morpholine rings is 1. The number of nitrogens with zero attached hydrogens (tertiary/aromatic N) is 3. The lowest BCUT2D eigenvalue weighted by Crippen LogP contribution is -2.52. The highest BCUT2D eigenvalue weighted by Crippen LogP contribution is 2.27. The maximum atomic E-state index is 12.4. The summed E-state index contributed by atoms with van der Waals surface area (Å²) in [6, 6.07) is 0. The molecule has 1 aromatic rings. The van der Waals surface area contributed by atoms with Crippen LogP contribution < -0.4 is 11.1 Å². The van der Waals surface area contributed by atoms with Crippen molar-refractivity contribution in [1.29, 1.82) is 0 Å². The summed E-state index contributed by atoms with van der Waals surface area (Å²) in [5.41, 5.74) is 6.01. The number of amides is 2. The molecule has 3 rings (SSSR count). The van der Waals surface area contributed by atoms with E-state index in [1.165, 1.54) is 4.68 Å². The number of carbonyl (C=O) groups excluding carboxylic acids is 2. The highest BCUT2D eigenvalue weighted by molar-refractivity contribution is 5.97. The first-order valence-electron chi connectivity index (χ1n) is 8.55. The van der Waals surface area contributed by atoms with Gasteiger partial charge in [0, 0.05) is 19.3 Å². The lowest BCUT2D eigenvalue weighted by Gasteiger charge is -2.31. The Bertz CT molecular complexity index is 588. The highest BCUT2D eigenvalue weighted by Gasteiger charge is 2.35. The minimum Gasteiger partial charge on any atom is -0.378 e. The molecule has 1 aromatic heterocycles. The standard InChI is InChI=1S/C16H25N5O3/c17-16(4-2-1-3-5-16)15(23)19-13-10-18-21(11-13)12-14(22)20-6-8-24-9-7-20/h10-11H,1-9,12,17H2,(H,19,23). The molecule has 132 valence electrons. The van der Waals surface area contributed by atoms with Gasteiger partial charge < -0.3 is 20.7 Å². The van der Waals surface area contributed by atoms with Crippen LogP contribution in [-0.4, -0.2) is 58.3 Å². The first-order valence-corrected chi connectivity index (χ1v) is 8.55. The molecule has 0 spiro atoms. The van der Waals surface area contributed by atoms with Gasteiger partial charge >= 0.3 is 0 Å². The summed E-state index contributed by atoms with van der Waals surface area (Å²) in [5.74, 6) is -0.164. The minimum absolute atomic E-state index is 0.00171. The second kappa shape index (κ2) is 7.31. The van der Waals surface area contributed by atoms with Gasteiger partial charge in [0.1, 0.15) is 6.54 Å². The molecule has 24 heavy (non-hydrogen) atoms. The van der Waals surface area contributed by atoms with Crippen LogP contribution in [0.25, 0.3) is 0 Å².